The lowest BCUT2D eigenvalue weighted by molar-refractivity contribution is 0.170. The fourth-order valence-electron chi connectivity index (χ4n) is 4.30. The molecule has 0 saturated carbocycles. The number of methoxy groups -OCH3 is 1. The smallest absolute Gasteiger partial charge is 0.261 e. The lowest BCUT2D eigenvalue weighted by atomic mass is 10.0. The maximum Gasteiger partial charge on any atom is 0.261 e. The molecular formula is C25H31N3O3. The Labute approximate surface area is 183 Å². The van der Waals surface area contributed by atoms with Gasteiger partial charge < -0.3 is 14.4 Å². The van der Waals surface area contributed by atoms with E-state index in [-0.39, 0.29) is 5.56 Å². The number of piperidine rings is 1. The maximum atomic E-state index is 12.8. The third-order valence-corrected chi connectivity index (χ3v) is 6.03. The highest BCUT2D eigenvalue weighted by atomic mass is 16.5. The van der Waals surface area contributed by atoms with E-state index in [1.807, 2.05) is 24.3 Å². The Morgan fingerprint density at radius 2 is 1.90 bits per heavy atom. The first-order valence-corrected chi connectivity index (χ1v) is 11.1. The normalized spacial score (nSPS) is 17.1. The highest BCUT2D eigenvalue weighted by Crippen LogP contribution is 2.23. The molecule has 0 bridgehead atoms. The summed E-state index contributed by atoms with van der Waals surface area (Å²) >= 11 is 0. The van der Waals surface area contributed by atoms with E-state index in [0.717, 1.165) is 30.2 Å². The van der Waals surface area contributed by atoms with Crippen LogP contribution in [0.25, 0.3) is 22.3 Å². The van der Waals surface area contributed by atoms with Crippen LogP contribution in [0.15, 0.2) is 47.3 Å². The summed E-state index contributed by atoms with van der Waals surface area (Å²) in [5.41, 5.74) is 1.43. The van der Waals surface area contributed by atoms with E-state index in [2.05, 4.69) is 11.8 Å². The van der Waals surface area contributed by atoms with Gasteiger partial charge in [0.25, 0.3) is 5.56 Å². The molecule has 164 valence electrons. The van der Waals surface area contributed by atoms with Gasteiger partial charge in [0.1, 0.15) is 17.3 Å². The molecule has 1 unspecified atom stereocenters. The third kappa shape index (κ3) is 4.90. The van der Waals surface area contributed by atoms with Gasteiger partial charge in [-0.3, -0.25) is 9.36 Å². The highest BCUT2D eigenvalue weighted by Gasteiger charge is 2.15. The quantitative estimate of drug-likeness (QED) is 0.538. The van der Waals surface area contributed by atoms with Crippen molar-refractivity contribution in [3.8, 4) is 22.9 Å². The highest BCUT2D eigenvalue weighted by molar-refractivity contribution is 5.81. The van der Waals surface area contributed by atoms with Crippen molar-refractivity contribution in [3.05, 3.63) is 52.8 Å². The van der Waals surface area contributed by atoms with Crippen LogP contribution in [0.1, 0.15) is 26.2 Å². The maximum absolute atomic E-state index is 12.8. The Kier molecular flexibility index (Phi) is 6.56. The van der Waals surface area contributed by atoms with Crippen molar-refractivity contribution in [1.82, 2.24) is 14.5 Å². The van der Waals surface area contributed by atoms with E-state index in [4.69, 9.17) is 14.5 Å². The Balaban J connectivity index is 1.42. The standard InChI is InChI=1S/C25H31N3O3/c1-18-6-4-13-28(17-18)14-5-15-31-20-9-7-19(8-10-20)24-26-23-16-21(30-3)11-12-22(23)25(29)27(24)2/h7-12,16,18H,4-6,13-15,17H2,1-3H3. The van der Waals surface area contributed by atoms with Gasteiger partial charge in [-0.15, -0.1) is 0 Å². The molecule has 0 spiro atoms. The van der Waals surface area contributed by atoms with Crippen LogP contribution in [0.3, 0.4) is 0 Å². The van der Waals surface area contributed by atoms with Gasteiger partial charge in [0, 0.05) is 31.8 Å². The van der Waals surface area contributed by atoms with Gasteiger partial charge in [-0.1, -0.05) is 6.92 Å². The predicted molar refractivity (Wildman–Crippen MR) is 124 cm³/mol. The second kappa shape index (κ2) is 9.52. The van der Waals surface area contributed by atoms with Crippen molar-refractivity contribution >= 4 is 10.9 Å². The third-order valence-electron chi connectivity index (χ3n) is 6.03. The Hall–Kier alpha value is -2.86. The molecule has 1 aliphatic heterocycles. The van der Waals surface area contributed by atoms with Crippen LogP contribution in [0.4, 0.5) is 0 Å². The molecule has 0 aliphatic carbocycles. The zero-order valence-electron chi connectivity index (χ0n) is 18.6. The number of fused-ring (bicyclic) bond motifs is 1. The predicted octanol–water partition coefficient (Wildman–Crippen LogP) is 4.11. The zero-order chi connectivity index (χ0) is 21.8. The topological polar surface area (TPSA) is 56.6 Å². The van der Waals surface area contributed by atoms with Crippen molar-refractivity contribution in [2.45, 2.75) is 26.2 Å². The first kappa shape index (κ1) is 21.4. The fraction of sp³-hybridized carbons (Fsp3) is 0.440. The number of likely N-dealkylation sites (tertiary alicyclic amines) is 1. The molecule has 6 heteroatoms. The number of aromatic nitrogens is 2. The molecule has 1 saturated heterocycles. The zero-order valence-corrected chi connectivity index (χ0v) is 18.6. The van der Waals surface area contributed by atoms with Crippen LogP contribution in [-0.2, 0) is 7.05 Å². The van der Waals surface area contributed by atoms with Crippen molar-refractivity contribution in [2.24, 2.45) is 13.0 Å². The number of benzene rings is 2. The van der Waals surface area contributed by atoms with E-state index in [0.29, 0.717) is 29.1 Å². The molecular weight excluding hydrogens is 390 g/mol. The fourth-order valence-corrected chi connectivity index (χ4v) is 4.30. The Morgan fingerprint density at radius 3 is 2.65 bits per heavy atom. The summed E-state index contributed by atoms with van der Waals surface area (Å²) in [6.45, 7) is 6.55. The minimum Gasteiger partial charge on any atom is -0.497 e. The molecule has 1 aromatic heterocycles. The van der Waals surface area contributed by atoms with Crippen LogP contribution in [0.2, 0.25) is 0 Å². The molecule has 6 nitrogen and oxygen atoms in total. The van der Waals surface area contributed by atoms with E-state index in [1.54, 1.807) is 36.9 Å². The molecule has 3 aromatic rings. The Morgan fingerprint density at radius 1 is 1.13 bits per heavy atom. The molecule has 2 heterocycles. The minimum absolute atomic E-state index is 0.0741. The SMILES string of the molecule is COc1ccc2c(=O)n(C)c(-c3ccc(OCCCN4CCCC(C)C4)cc3)nc2c1. The second-order valence-corrected chi connectivity index (χ2v) is 8.46. The van der Waals surface area contributed by atoms with Crippen LogP contribution < -0.4 is 15.0 Å². The lowest BCUT2D eigenvalue weighted by Crippen LogP contribution is -2.35. The van der Waals surface area contributed by atoms with Gasteiger partial charge in [-0.25, -0.2) is 4.98 Å². The van der Waals surface area contributed by atoms with Gasteiger partial charge in [-0.05, 0) is 68.1 Å². The molecule has 0 radical (unpaired) electrons. The molecule has 1 atom stereocenters. The van der Waals surface area contributed by atoms with E-state index < -0.39 is 0 Å². The van der Waals surface area contributed by atoms with Crippen LogP contribution in [0.5, 0.6) is 11.5 Å². The minimum atomic E-state index is -0.0741. The number of hydrogen-bond donors (Lipinski definition) is 0. The summed E-state index contributed by atoms with van der Waals surface area (Å²) in [5.74, 6) is 2.95. The molecule has 1 fully saturated rings. The molecule has 4 rings (SSSR count). The first-order valence-electron chi connectivity index (χ1n) is 11.1. The largest absolute Gasteiger partial charge is 0.497 e. The Bertz CT molecular complexity index is 1090. The summed E-state index contributed by atoms with van der Waals surface area (Å²) in [6, 6.07) is 13.1. The van der Waals surface area contributed by atoms with Crippen LogP contribution in [0, 0.1) is 5.92 Å². The summed E-state index contributed by atoms with van der Waals surface area (Å²) < 4.78 is 12.8. The average Bonchev–Trinajstić information content (AvgIpc) is 2.79. The van der Waals surface area contributed by atoms with Crippen molar-refractivity contribution in [3.63, 3.8) is 0 Å². The number of hydrogen-bond acceptors (Lipinski definition) is 5. The number of ether oxygens (including phenoxy) is 2. The molecule has 0 amide bonds. The molecule has 2 aromatic carbocycles. The number of nitrogens with zero attached hydrogens (tertiary/aromatic N) is 3. The number of rotatable bonds is 7. The monoisotopic (exact) mass is 421 g/mol. The first-order chi connectivity index (χ1) is 15.0. The van der Waals surface area contributed by atoms with Gasteiger partial charge in [0.2, 0.25) is 0 Å². The van der Waals surface area contributed by atoms with Gasteiger partial charge in [0.15, 0.2) is 0 Å². The lowest BCUT2D eigenvalue weighted by Gasteiger charge is -2.30. The summed E-state index contributed by atoms with van der Waals surface area (Å²) in [6.07, 6.45) is 3.68. The van der Waals surface area contributed by atoms with E-state index >= 15 is 0 Å². The summed E-state index contributed by atoms with van der Waals surface area (Å²) in [4.78, 5) is 20.0. The van der Waals surface area contributed by atoms with Gasteiger partial charge in [0.05, 0.1) is 24.6 Å². The second-order valence-electron chi connectivity index (χ2n) is 8.46. The van der Waals surface area contributed by atoms with Crippen molar-refractivity contribution in [2.75, 3.05) is 33.4 Å². The van der Waals surface area contributed by atoms with E-state index in [1.165, 1.54) is 25.9 Å². The van der Waals surface area contributed by atoms with Crippen LogP contribution in [-0.4, -0.2) is 47.8 Å². The van der Waals surface area contributed by atoms with Gasteiger partial charge >= 0.3 is 0 Å². The van der Waals surface area contributed by atoms with Crippen molar-refractivity contribution in [1.29, 1.82) is 0 Å². The van der Waals surface area contributed by atoms with E-state index in [9.17, 15) is 4.79 Å². The average molecular weight is 422 g/mol. The molecule has 0 N–H and O–H groups in total. The van der Waals surface area contributed by atoms with Gasteiger partial charge in [-0.2, -0.15) is 0 Å². The summed E-state index contributed by atoms with van der Waals surface area (Å²) in [7, 11) is 3.36. The molecule has 1 aliphatic rings. The summed E-state index contributed by atoms with van der Waals surface area (Å²) in [5, 5.41) is 0.579. The van der Waals surface area contributed by atoms with Crippen molar-refractivity contribution < 1.29 is 9.47 Å². The molecule has 31 heavy (non-hydrogen) atoms. The van der Waals surface area contributed by atoms with Crippen LogP contribution >= 0.6 is 0 Å².